The third-order valence-electron chi connectivity index (χ3n) is 5.61. The monoisotopic (exact) mass is 422 g/mol. The Morgan fingerprint density at radius 3 is 2.47 bits per heavy atom. The third kappa shape index (κ3) is 6.34. The summed E-state index contributed by atoms with van der Waals surface area (Å²) in [6.07, 6.45) is 2.17. The molecule has 1 fully saturated rings. The molecule has 0 N–H and O–H groups in total. The minimum absolute atomic E-state index is 0.0837. The van der Waals surface area contributed by atoms with Crippen molar-refractivity contribution in [2.45, 2.75) is 72.7 Å². The number of carbonyl (C=O) groups excluding carboxylic acids is 3. The van der Waals surface area contributed by atoms with E-state index in [4.69, 9.17) is 18.9 Å². The van der Waals surface area contributed by atoms with Crippen molar-refractivity contribution in [2.75, 3.05) is 6.61 Å². The average Bonchev–Trinajstić information content (AvgIpc) is 2.96. The molecule has 1 aliphatic heterocycles. The van der Waals surface area contributed by atoms with Crippen LogP contribution in [0.3, 0.4) is 0 Å². The van der Waals surface area contributed by atoms with Crippen molar-refractivity contribution >= 4 is 17.9 Å². The van der Waals surface area contributed by atoms with Gasteiger partial charge in [-0.25, -0.2) is 0 Å². The predicted octanol–water partition coefficient (Wildman–Crippen LogP) is 3.92. The van der Waals surface area contributed by atoms with Crippen LogP contribution in [0.4, 0.5) is 0 Å². The van der Waals surface area contributed by atoms with Crippen molar-refractivity contribution in [2.24, 2.45) is 23.7 Å². The summed E-state index contributed by atoms with van der Waals surface area (Å²) in [5, 5.41) is 0. The van der Waals surface area contributed by atoms with Crippen LogP contribution in [0, 0.1) is 23.7 Å². The van der Waals surface area contributed by atoms with E-state index in [1.54, 1.807) is 0 Å². The maximum atomic E-state index is 12.3. The minimum Gasteiger partial charge on any atom is -0.462 e. The summed E-state index contributed by atoms with van der Waals surface area (Å²) in [5.74, 6) is -1.11. The molecule has 30 heavy (non-hydrogen) atoms. The van der Waals surface area contributed by atoms with Gasteiger partial charge in [0.2, 0.25) is 0 Å². The highest BCUT2D eigenvalue weighted by molar-refractivity contribution is 5.70. The predicted molar refractivity (Wildman–Crippen MR) is 110 cm³/mol. The molecule has 1 aliphatic carbocycles. The van der Waals surface area contributed by atoms with Crippen LogP contribution in [0.1, 0.15) is 60.3 Å². The van der Waals surface area contributed by atoms with Crippen molar-refractivity contribution in [3.05, 3.63) is 24.0 Å². The number of ether oxygens (including phenoxy) is 4. The molecule has 7 heteroatoms. The van der Waals surface area contributed by atoms with E-state index >= 15 is 0 Å². The van der Waals surface area contributed by atoms with Crippen LogP contribution in [0.5, 0.6) is 0 Å². The normalized spacial score (nSPS) is 26.3. The Labute approximate surface area is 178 Å². The first-order chi connectivity index (χ1) is 14.1. The third-order valence-corrected chi connectivity index (χ3v) is 5.61. The largest absolute Gasteiger partial charge is 0.462 e. The molecule has 0 radical (unpaired) electrons. The lowest BCUT2D eigenvalue weighted by atomic mass is 9.86. The fourth-order valence-corrected chi connectivity index (χ4v) is 3.80. The van der Waals surface area contributed by atoms with Crippen LogP contribution in [0.2, 0.25) is 0 Å². The second-order valence-electron chi connectivity index (χ2n) is 8.70. The standard InChI is InChI=1S/C23H34O7/c1-7-14(4)9-21(26)30-23-22-15(5)19(29-16(6)24)10-18(22)17(12-28-23)11-27-20(25)8-13(2)3/h12-14,18-19,22-23H,5,7-11H2,1-4,6H3/t14?,18-,19+,22-,23+/m1/s1. The highest BCUT2D eigenvalue weighted by atomic mass is 16.7. The molecule has 0 aromatic carbocycles. The van der Waals surface area contributed by atoms with E-state index in [0.29, 0.717) is 24.8 Å². The summed E-state index contributed by atoms with van der Waals surface area (Å²) in [7, 11) is 0. The van der Waals surface area contributed by atoms with E-state index in [9.17, 15) is 14.4 Å². The van der Waals surface area contributed by atoms with Crippen LogP contribution in [0.25, 0.3) is 0 Å². The number of hydrogen-bond donors (Lipinski definition) is 0. The van der Waals surface area contributed by atoms with Crippen LogP contribution in [-0.2, 0) is 33.3 Å². The van der Waals surface area contributed by atoms with Gasteiger partial charge in [0, 0.05) is 31.3 Å². The first-order valence-electron chi connectivity index (χ1n) is 10.7. The molecular formula is C23H34O7. The zero-order valence-electron chi connectivity index (χ0n) is 18.6. The van der Waals surface area contributed by atoms with Crippen LogP contribution >= 0.6 is 0 Å². The Morgan fingerprint density at radius 2 is 1.87 bits per heavy atom. The molecule has 0 saturated heterocycles. The van der Waals surface area contributed by atoms with Crippen LogP contribution < -0.4 is 0 Å². The van der Waals surface area contributed by atoms with Crippen molar-refractivity contribution in [3.63, 3.8) is 0 Å². The van der Waals surface area contributed by atoms with Crippen molar-refractivity contribution in [3.8, 4) is 0 Å². The molecule has 0 aromatic heterocycles. The average molecular weight is 423 g/mol. The van der Waals surface area contributed by atoms with E-state index in [-0.39, 0.29) is 42.2 Å². The Balaban J connectivity index is 2.13. The zero-order valence-corrected chi connectivity index (χ0v) is 18.6. The quantitative estimate of drug-likeness (QED) is 0.316. The molecule has 2 aliphatic rings. The van der Waals surface area contributed by atoms with Gasteiger partial charge in [-0.05, 0) is 23.8 Å². The molecule has 0 bridgehead atoms. The summed E-state index contributed by atoms with van der Waals surface area (Å²) in [5.41, 5.74) is 1.41. The molecule has 7 nitrogen and oxygen atoms in total. The SMILES string of the molecule is C=C1[C@H]2[C@H](OC(=O)CC(C)CC)OC=C(COC(=O)CC(C)C)[C@H]2C[C@@H]1OC(C)=O. The maximum absolute atomic E-state index is 12.3. The number of hydrogen-bond acceptors (Lipinski definition) is 7. The van der Waals surface area contributed by atoms with Crippen molar-refractivity contribution < 1.29 is 33.3 Å². The first kappa shape index (κ1) is 24.0. The van der Waals surface area contributed by atoms with Crippen molar-refractivity contribution in [1.82, 2.24) is 0 Å². The van der Waals surface area contributed by atoms with E-state index in [1.165, 1.54) is 13.2 Å². The minimum atomic E-state index is -0.838. The molecule has 5 atom stereocenters. The van der Waals surface area contributed by atoms with E-state index in [0.717, 1.165) is 12.0 Å². The van der Waals surface area contributed by atoms with Gasteiger partial charge in [0.1, 0.15) is 12.7 Å². The van der Waals surface area contributed by atoms with Gasteiger partial charge in [-0.15, -0.1) is 0 Å². The molecule has 1 unspecified atom stereocenters. The zero-order chi connectivity index (χ0) is 22.4. The molecule has 0 aromatic rings. The second-order valence-corrected chi connectivity index (χ2v) is 8.70. The molecule has 1 heterocycles. The smallest absolute Gasteiger partial charge is 0.309 e. The topological polar surface area (TPSA) is 88.1 Å². The van der Waals surface area contributed by atoms with Crippen LogP contribution in [0.15, 0.2) is 24.0 Å². The van der Waals surface area contributed by atoms with Gasteiger partial charge in [-0.3, -0.25) is 14.4 Å². The van der Waals surface area contributed by atoms with Gasteiger partial charge in [-0.2, -0.15) is 0 Å². The van der Waals surface area contributed by atoms with Crippen molar-refractivity contribution in [1.29, 1.82) is 0 Å². The van der Waals surface area contributed by atoms with E-state index < -0.39 is 18.4 Å². The lowest BCUT2D eigenvalue weighted by Crippen LogP contribution is -2.37. The lowest BCUT2D eigenvalue weighted by molar-refractivity contribution is -0.182. The molecule has 2 rings (SSSR count). The fourth-order valence-electron chi connectivity index (χ4n) is 3.80. The van der Waals surface area contributed by atoms with Gasteiger partial charge >= 0.3 is 17.9 Å². The summed E-state index contributed by atoms with van der Waals surface area (Å²) in [4.78, 5) is 35.8. The highest BCUT2D eigenvalue weighted by Gasteiger charge is 2.49. The molecule has 0 amide bonds. The molecule has 1 saturated carbocycles. The number of fused-ring (bicyclic) bond motifs is 1. The fraction of sp³-hybridized carbons (Fsp3) is 0.696. The number of carbonyl (C=O) groups is 3. The van der Waals surface area contributed by atoms with Gasteiger partial charge in [0.25, 0.3) is 6.29 Å². The highest BCUT2D eigenvalue weighted by Crippen LogP contribution is 2.47. The number of rotatable bonds is 9. The first-order valence-corrected chi connectivity index (χ1v) is 10.7. The van der Waals surface area contributed by atoms with Gasteiger partial charge in [0.05, 0.1) is 12.2 Å². The molecular weight excluding hydrogens is 388 g/mol. The van der Waals surface area contributed by atoms with Gasteiger partial charge < -0.3 is 18.9 Å². The van der Waals surface area contributed by atoms with Gasteiger partial charge in [-0.1, -0.05) is 40.7 Å². The Morgan fingerprint density at radius 1 is 1.17 bits per heavy atom. The molecule has 168 valence electrons. The van der Waals surface area contributed by atoms with Crippen LogP contribution in [-0.4, -0.2) is 36.9 Å². The Bertz CT molecular complexity index is 694. The van der Waals surface area contributed by atoms with E-state index in [2.05, 4.69) is 6.58 Å². The summed E-state index contributed by atoms with van der Waals surface area (Å²) in [6.45, 7) is 13.4. The van der Waals surface area contributed by atoms with E-state index in [1.807, 2.05) is 27.7 Å². The number of esters is 3. The molecule has 0 spiro atoms. The summed E-state index contributed by atoms with van der Waals surface area (Å²) < 4.78 is 22.2. The van der Waals surface area contributed by atoms with Gasteiger partial charge in [0.15, 0.2) is 0 Å². The Hall–Kier alpha value is -2.31. The summed E-state index contributed by atoms with van der Waals surface area (Å²) >= 11 is 0. The second kappa shape index (κ2) is 10.6. The lowest BCUT2D eigenvalue weighted by Gasteiger charge is -2.33. The Kier molecular flexibility index (Phi) is 8.50. The summed E-state index contributed by atoms with van der Waals surface area (Å²) in [6, 6.07) is 0. The maximum Gasteiger partial charge on any atom is 0.309 e.